The smallest absolute Gasteiger partial charge is 0.238 e. The van der Waals surface area contributed by atoms with E-state index in [0.29, 0.717) is 23.7 Å². The normalized spacial score (nSPS) is 19.0. The van der Waals surface area contributed by atoms with E-state index in [2.05, 4.69) is 5.32 Å². The minimum Gasteiger partial charge on any atom is -0.494 e. The molecule has 0 radical (unpaired) electrons. The molecule has 4 N–H and O–H groups in total. The van der Waals surface area contributed by atoms with Crippen molar-refractivity contribution in [2.24, 2.45) is 5.92 Å². The van der Waals surface area contributed by atoms with Crippen LogP contribution in [0.5, 0.6) is 5.75 Å². The third-order valence-corrected chi connectivity index (χ3v) is 3.50. The summed E-state index contributed by atoms with van der Waals surface area (Å²) >= 11 is 0. The van der Waals surface area contributed by atoms with Crippen molar-refractivity contribution >= 4 is 17.3 Å². The molecule has 1 amide bonds. The number of amides is 1. The van der Waals surface area contributed by atoms with E-state index in [1.807, 2.05) is 4.90 Å². The summed E-state index contributed by atoms with van der Waals surface area (Å²) in [5, 5.41) is 11.9. The monoisotopic (exact) mass is 279 g/mol. The van der Waals surface area contributed by atoms with Crippen molar-refractivity contribution in [3.05, 3.63) is 18.2 Å². The quantitative estimate of drug-likeness (QED) is 0.684. The molecule has 0 aromatic heterocycles. The van der Waals surface area contributed by atoms with Gasteiger partial charge in [0.05, 0.1) is 19.3 Å². The predicted molar refractivity (Wildman–Crippen MR) is 77.7 cm³/mol. The van der Waals surface area contributed by atoms with Crippen LogP contribution in [0.2, 0.25) is 0 Å². The van der Waals surface area contributed by atoms with Crippen LogP contribution in [0.25, 0.3) is 0 Å². The number of nitrogens with two attached hydrogens (primary N) is 1. The third kappa shape index (κ3) is 3.61. The van der Waals surface area contributed by atoms with E-state index in [-0.39, 0.29) is 18.4 Å². The fourth-order valence-corrected chi connectivity index (χ4v) is 2.41. The highest BCUT2D eigenvalue weighted by Gasteiger charge is 2.23. The Morgan fingerprint density at radius 2 is 2.40 bits per heavy atom. The number of anilines is 2. The Bertz CT molecular complexity index is 479. The second-order valence-electron chi connectivity index (χ2n) is 5.08. The molecule has 6 nitrogen and oxygen atoms in total. The lowest BCUT2D eigenvalue weighted by Gasteiger charge is -2.16. The number of rotatable bonds is 5. The van der Waals surface area contributed by atoms with Crippen LogP contribution in [0.1, 0.15) is 6.42 Å². The van der Waals surface area contributed by atoms with Crippen LogP contribution >= 0.6 is 0 Å². The van der Waals surface area contributed by atoms with Crippen molar-refractivity contribution in [3.8, 4) is 5.75 Å². The standard InChI is InChI=1S/C14H21N3O3/c1-20-13-6-11(15)2-3-12(13)16-14(19)8-17-5-4-10(7-17)9-18/h2-3,6,10,18H,4-5,7-9,15H2,1H3,(H,16,19). The molecule has 1 unspecified atom stereocenters. The Morgan fingerprint density at radius 3 is 3.05 bits per heavy atom. The highest BCUT2D eigenvalue weighted by molar-refractivity contribution is 5.94. The average Bonchev–Trinajstić information content (AvgIpc) is 2.88. The van der Waals surface area contributed by atoms with Gasteiger partial charge in [0, 0.05) is 24.9 Å². The molecule has 2 rings (SSSR count). The fourth-order valence-electron chi connectivity index (χ4n) is 2.41. The van der Waals surface area contributed by atoms with Gasteiger partial charge >= 0.3 is 0 Å². The lowest BCUT2D eigenvalue weighted by Crippen LogP contribution is -2.32. The number of methoxy groups -OCH3 is 1. The molecule has 1 aromatic rings. The lowest BCUT2D eigenvalue weighted by atomic mass is 10.1. The largest absolute Gasteiger partial charge is 0.494 e. The van der Waals surface area contributed by atoms with Gasteiger partial charge in [0.2, 0.25) is 5.91 Å². The zero-order valence-corrected chi connectivity index (χ0v) is 11.6. The number of aliphatic hydroxyl groups is 1. The number of nitrogens with one attached hydrogen (secondary N) is 1. The Labute approximate surface area is 118 Å². The van der Waals surface area contributed by atoms with E-state index in [4.69, 9.17) is 15.6 Å². The molecule has 110 valence electrons. The van der Waals surface area contributed by atoms with E-state index in [1.54, 1.807) is 18.2 Å². The number of carbonyl (C=O) groups excluding carboxylic acids is 1. The summed E-state index contributed by atoms with van der Waals surface area (Å²) in [7, 11) is 1.54. The van der Waals surface area contributed by atoms with Crippen molar-refractivity contribution in [2.75, 3.05) is 44.4 Å². The molecule has 6 heteroatoms. The van der Waals surface area contributed by atoms with Crippen LogP contribution in [-0.2, 0) is 4.79 Å². The highest BCUT2D eigenvalue weighted by Crippen LogP contribution is 2.26. The molecule has 1 fully saturated rings. The second kappa shape index (κ2) is 6.58. The van der Waals surface area contributed by atoms with Crippen molar-refractivity contribution in [1.29, 1.82) is 0 Å². The molecule has 1 aliphatic heterocycles. The molecule has 1 saturated heterocycles. The van der Waals surface area contributed by atoms with Gasteiger partial charge in [-0.15, -0.1) is 0 Å². The summed E-state index contributed by atoms with van der Waals surface area (Å²) in [5.41, 5.74) is 6.88. The van der Waals surface area contributed by atoms with Gasteiger partial charge in [0.25, 0.3) is 0 Å². The van der Waals surface area contributed by atoms with E-state index >= 15 is 0 Å². The predicted octanol–water partition coefficient (Wildman–Crippen LogP) is 0.530. The number of aliphatic hydroxyl groups excluding tert-OH is 1. The highest BCUT2D eigenvalue weighted by atomic mass is 16.5. The number of benzene rings is 1. The minimum atomic E-state index is -0.0911. The molecule has 1 aliphatic rings. The molecule has 20 heavy (non-hydrogen) atoms. The minimum absolute atomic E-state index is 0.0911. The third-order valence-electron chi connectivity index (χ3n) is 3.50. The molecular weight excluding hydrogens is 258 g/mol. The van der Waals surface area contributed by atoms with Crippen LogP contribution in [0.3, 0.4) is 0 Å². The number of ether oxygens (including phenoxy) is 1. The Morgan fingerprint density at radius 1 is 1.60 bits per heavy atom. The number of likely N-dealkylation sites (tertiary alicyclic amines) is 1. The molecule has 1 aromatic carbocycles. The Balaban J connectivity index is 1.92. The number of carbonyl (C=O) groups is 1. The summed E-state index contributed by atoms with van der Waals surface area (Å²) in [5.74, 6) is 0.744. The SMILES string of the molecule is COc1cc(N)ccc1NC(=O)CN1CCC(CO)C1. The molecule has 0 saturated carbocycles. The number of nitrogens with zero attached hydrogens (tertiary/aromatic N) is 1. The maximum Gasteiger partial charge on any atom is 0.238 e. The average molecular weight is 279 g/mol. The van der Waals surface area contributed by atoms with Gasteiger partial charge in [-0.3, -0.25) is 9.69 Å². The first-order chi connectivity index (χ1) is 9.62. The van der Waals surface area contributed by atoms with Gasteiger partial charge in [0.1, 0.15) is 5.75 Å². The summed E-state index contributed by atoms with van der Waals surface area (Å²) in [6.07, 6.45) is 0.939. The van der Waals surface area contributed by atoms with Crippen molar-refractivity contribution < 1.29 is 14.6 Å². The lowest BCUT2D eigenvalue weighted by molar-refractivity contribution is -0.117. The van der Waals surface area contributed by atoms with E-state index in [9.17, 15) is 4.79 Å². The summed E-state index contributed by atoms with van der Waals surface area (Å²) < 4.78 is 5.19. The van der Waals surface area contributed by atoms with Crippen LogP contribution in [0.4, 0.5) is 11.4 Å². The second-order valence-corrected chi connectivity index (χ2v) is 5.08. The fraction of sp³-hybridized carbons (Fsp3) is 0.500. The first-order valence-corrected chi connectivity index (χ1v) is 6.69. The van der Waals surface area contributed by atoms with Crippen LogP contribution in [0, 0.1) is 5.92 Å². The molecule has 1 heterocycles. The van der Waals surface area contributed by atoms with Crippen molar-refractivity contribution in [2.45, 2.75) is 6.42 Å². The van der Waals surface area contributed by atoms with Gasteiger partial charge < -0.3 is 20.9 Å². The molecule has 0 bridgehead atoms. The summed E-state index contributed by atoms with van der Waals surface area (Å²) in [6.45, 7) is 2.12. The molecular formula is C14H21N3O3. The number of hydrogen-bond donors (Lipinski definition) is 3. The van der Waals surface area contributed by atoms with E-state index < -0.39 is 0 Å². The zero-order chi connectivity index (χ0) is 14.5. The van der Waals surface area contributed by atoms with Crippen LogP contribution in [-0.4, -0.2) is 49.3 Å². The number of nitrogen functional groups attached to an aromatic ring is 1. The summed E-state index contributed by atoms with van der Waals surface area (Å²) in [4.78, 5) is 14.1. The zero-order valence-electron chi connectivity index (χ0n) is 11.6. The van der Waals surface area contributed by atoms with Crippen LogP contribution < -0.4 is 15.8 Å². The van der Waals surface area contributed by atoms with E-state index in [0.717, 1.165) is 19.5 Å². The van der Waals surface area contributed by atoms with Gasteiger partial charge in [-0.2, -0.15) is 0 Å². The summed E-state index contributed by atoms with van der Waals surface area (Å²) in [6, 6.07) is 5.12. The molecule has 0 aliphatic carbocycles. The van der Waals surface area contributed by atoms with Gasteiger partial charge in [-0.1, -0.05) is 0 Å². The molecule has 1 atom stereocenters. The van der Waals surface area contributed by atoms with Crippen molar-refractivity contribution in [1.82, 2.24) is 4.90 Å². The number of hydrogen-bond acceptors (Lipinski definition) is 5. The Hall–Kier alpha value is -1.79. The topological polar surface area (TPSA) is 87.8 Å². The first-order valence-electron chi connectivity index (χ1n) is 6.69. The van der Waals surface area contributed by atoms with Gasteiger partial charge in [0.15, 0.2) is 0 Å². The van der Waals surface area contributed by atoms with Gasteiger partial charge in [-0.25, -0.2) is 0 Å². The maximum absolute atomic E-state index is 12.0. The maximum atomic E-state index is 12.0. The Kier molecular flexibility index (Phi) is 4.81. The molecule has 0 spiro atoms. The van der Waals surface area contributed by atoms with Crippen LogP contribution in [0.15, 0.2) is 18.2 Å². The first kappa shape index (κ1) is 14.6. The van der Waals surface area contributed by atoms with Gasteiger partial charge in [-0.05, 0) is 31.0 Å². The van der Waals surface area contributed by atoms with E-state index in [1.165, 1.54) is 7.11 Å². The van der Waals surface area contributed by atoms with Crippen molar-refractivity contribution in [3.63, 3.8) is 0 Å².